The Morgan fingerprint density at radius 1 is 1.28 bits per heavy atom. The van der Waals surface area contributed by atoms with E-state index in [-0.39, 0.29) is 10.9 Å². The van der Waals surface area contributed by atoms with Gasteiger partial charge in [-0.1, -0.05) is 20.8 Å². The van der Waals surface area contributed by atoms with Gasteiger partial charge in [-0.25, -0.2) is 13.9 Å². The van der Waals surface area contributed by atoms with E-state index in [0.717, 1.165) is 12.1 Å². The van der Waals surface area contributed by atoms with Gasteiger partial charge in [-0.05, 0) is 23.6 Å². The molecule has 0 saturated heterocycles. The Morgan fingerprint density at radius 3 is 2.59 bits per heavy atom. The number of halogens is 3. The molecule has 10 heteroatoms. The molecule has 0 radical (unpaired) electrons. The molecule has 0 saturated carbocycles. The number of hydrogen-bond acceptors (Lipinski definition) is 4. The van der Waals surface area contributed by atoms with E-state index >= 15 is 0 Å². The predicted octanol–water partition coefficient (Wildman–Crippen LogP) is 3.82. The highest BCUT2D eigenvalue weighted by Crippen LogP contribution is 2.33. The van der Waals surface area contributed by atoms with Crippen LogP contribution in [0.25, 0.3) is 11.0 Å². The first-order chi connectivity index (χ1) is 13.5. The van der Waals surface area contributed by atoms with Crippen molar-refractivity contribution in [3.63, 3.8) is 0 Å². The van der Waals surface area contributed by atoms with Crippen LogP contribution >= 0.6 is 0 Å². The molecule has 2 aromatic rings. The molecule has 0 bridgehead atoms. The van der Waals surface area contributed by atoms with Gasteiger partial charge < -0.3 is 14.0 Å². The van der Waals surface area contributed by atoms with E-state index in [1.165, 1.54) is 12.3 Å². The van der Waals surface area contributed by atoms with E-state index in [1.54, 1.807) is 11.6 Å². The maximum absolute atomic E-state index is 13.1. The van der Waals surface area contributed by atoms with Crippen molar-refractivity contribution in [1.29, 1.82) is 0 Å². The minimum absolute atomic E-state index is 0.186. The molecule has 1 aliphatic rings. The molecular formula is C19H24F3N3O3S. The number of aryl methyl sites for hydroxylation is 1. The first-order valence-electron chi connectivity index (χ1n) is 9.08. The summed E-state index contributed by atoms with van der Waals surface area (Å²) in [6, 6.07) is 2.68. The third-order valence-electron chi connectivity index (χ3n) is 4.27. The lowest BCUT2D eigenvalue weighted by Crippen LogP contribution is -2.34. The van der Waals surface area contributed by atoms with E-state index in [9.17, 15) is 17.4 Å². The van der Waals surface area contributed by atoms with E-state index < -0.39 is 28.8 Å². The fourth-order valence-electron chi connectivity index (χ4n) is 2.99. The van der Waals surface area contributed by atoms with Crippen molar-refractivity contribution in [2.75, 3.05) is 19.0 Å². The van der Waals surface area contributed by atoms with Crippen LogP contribution in [-0.4, -0.2) is 32.7 Å². The van der Waals surface area contributed by atoms with Crippen molar-refractivity contribution in [2.24, 2.45) is 12.5 Å². The van der Waals surface area contributed by atoms with Gasteiger partial charge in [0.15, 0.2) is 5.76 Å². The summed E-state index contributed by atoms with van der Waals surface area (Å²) in [7, 11) is 0.268. The Balaban J connectivity index is 2.02. The van der Waals surface area contributed by atoms with Gasteiger partial charge in [0.1, 0.15) is 31.3 Å². The number of aromatic nitrogens is 2. The van der Waals surface area contributed by atoms with Gasteiger partial charge in [0, 0.05) is 12.8 Å². The highest BCUT2D eigenvalue weighted by atomic mass is 32.2. The molecule has 3 rings (SSSR count). The first kappa shape index (κ1) is 21.6. The van der Waals surface area contributed by atoms with Crippen LogP contribution in [0.3, 0.4) is 0 Å². The molecule has 1 aromatic heterocycles. The summed E-state index contributed by atoms with van der Waals surface area (Å²) in [6.07, 6.45) is -3.03. The second-order valence-corrected chi connectivity index (χ2v) is 9.29. The molecule has 0 spiro atoms. The fraction of sp³-hybridized carbons (Fsp3) is 0.526. The van der Waals surface area contributed by atoms with Crippen LogP contribution in [0.5, 0.6) is 0 Å². The molecule has 0 aliphatic carbocycles. The topological polar surface area (TPSA) is 65.4 Å². The summed E-state index contributed by atoms with van der Waals surface area (Å²) in [5.41, 5.74) is -0.233. The molecular weight excluding hydrogens is 407 g/mol. The highest BCUT2D eigenvalue weighted by Gasteiger charge is 2.32. The quantitative estimate of drug-likeness (QED) is 0.782. The van der Waals surface area contributed by atoms with E-state index in [1.807, 2.05) is 20.8 Å². The standard InChI is InChI=1S/C19H24F3N3O3S/c1-18(2,3)11-29(26)24-16(15-10-27-7-8-28-15)17-23-13-9-12(19(20,21)22)5-6-14(13)25(17)4/h5-6,9-10,16,24H,7-8,11H2,1-4H3/t16-,29-/m0/s1. The predicted molar refractivity (Wildman–Crippen MR) is 104 cm³/mol. The van der Waals surface area contributed by atoms with Gasteiger partial charge in [0.05, 0.1) is 27.6 Å². The van der Waals surface area contributed by atoms with Crippen LogP contribution in [0.2, 0.25) is 0 Å². The molecule has 6 nitrogen and oxygen atoms in total. The lowest BCUT2D eigenvalue weighted by Gasteiger charge is -2.25. The van der Waals surface area contributed by atoms with Crippen LogP contribution < -0.4 is 4.72 Å². The zero-order valence-corrected chi connectivity index (χ0v) is 17.5. The molecule has 0 unspecified atom stereocenters. The molecule has 1 N–H and O–H groups in total. The van der Waals surface area contributed by atoms with Gasteiger partial charge in [0.25, 0.3) is 0 Å². The monoisotopic (exact) mass is 431 g/mol. The second-order valence-electron chi connectivity index (χ2n) is 8.07. The minimum atomic E-state index is -4.46. The molecule has 2 atom stereocenters. The second kappa shape index (κ2) is 7.98. The minimum Gasteiger partial charge on any atom is -0.494 e. The molecule has 1 aliphatic heterocycles. The zero-order chi connectivity index (χ0) is 21.4. The molecule has 1 aromatic carbocycles. The van der Waals surface area contributed by atoms with Gasteiger partial charge in [-0.3, -0.25) is 0 Å². The molecule has 160 valence electrons. The number of alkyl halides is 3. The number of nitrogens with one attached hydrogen (secondary N) is 1. The van der Waals surface area contributed by atoms with Gasteiger partial charge in [-0.2, -0.15) is 13.2 Å². The average Bonchev–Trinajstić information content (AvgIpc) is 2.94. The third-order valence-corrected chi connectivity index (χ3v) is 5.90. The number of fused-ring (bicyclic) bond motifs is 1. The number of nitrogens with zero attached hydrogens (tertiary/aromatic N) is 2. The first-order valence-corrected chi connectivity index (χ1v) is 10.4. The summed E-state index contributed by atoms with van der Waals surface area (Å²) in [5.74, 6) is 1.14. The van der Waals surface area contributed by atoms with E-state index in [4.69, 9.17) is 9.47 Å². The van der Waals surface area contributed by atoms with Crippen molar-refractivity contribution in [2.45, 2.75) is 33.0 Å². The summed E-state index contributed by atoms with van der Waals surface area (Å²) < 4.78 is 67.6. The fourth-order valence-corrected chi connectivity index (χ4v) is 4.35. The van der Waals surface area contributed by atoms with Crippen LogP contribution in [0.1, 0.15) is 38.2 Å². The number of benzene rings is 1. The van der Waals surface area contributed by atoms with Gasteiger partial charge >= 0.3 is 6.18 Å². The van der Waals surface area contributed by atoms with Crippen LogP contribution in [0, 0.1) is 5.41 Å². The lowest BCUT2D eigenvalue weighted by molar-refractivity contribution is -0.137. The number of ether oxygens (including phenoxy) is 2. The smallest absolute Gasteiger partial charge is 0.416 e. The molecule has 0 fully saturated rings. The van der Waals surface area contributed by atoms with Crippen molar-refractivity contribution >= 4 is 22.0 Å². The highest BCUT2D eigenvalue weighted by molar-refractivity contribution is 7.83. The van der Waals surface area contributed by atoms with Gasteiger partial charge in [0.2, 0.25) is 0 Å². The van der Waals surface area contributed by atoms with E-state index in [2.05, 4.69) is 9.71 Å². The van der Waals surface area contributed by atoms with Gasteiger partial charge in [-0.15, -0.1) is 0 Å². The lowest BCUT2D eigenvalue weighted by atomic mass is 10.0. The molecule has 2 heterocycles. The Labute approximate surface area is 169 Å². The summed E-state index contributed by atoms with van der Waals surface area (Å²) in [5, 5.41) is 0. The average molecular weight is 431 g/mol. The van der Waals surface area contributed by atoms with Crippen LogP contribution in [0.4, 0.5) is 13.2 Å². The van der Waals surface area contributed by atoms with Crippen molar-refractivity contribution in [3.8, 4) is 0 Å². The summed E-state index contributed by atoms with van der Waals surface area (Å²) in [4.78, 5) is 4.40. The summed E-state index contributed by atoms with van der Waals surface area (Å²) >= 11 is 0. The largest absolute Gasteiger partial charge is 0.494 e. The number of hydrogen-bond donors (Lipinski definition) is 1. The van der Waals surface area contributed by atoms with Crippen LogP contribution in [0.15, 0.2) is 30.2 Å². The summed E-state index contributed by atoms with van der Waals surface area (Å²) in [6.45, 7) is 6.61. The number of imidazole rings is 1. The number of rotatable bonds is 5. The maximum Gasteiger partial charge on any atom is 0.416 e. The molecule has 0 amide bonds. The Hall–Kier alpha value is -2.07. The van der Waals surface area contributed by atoms with Crippen LogP contribution in [-0.2, 0) is 33.7 Å². The van der Waals surface area contributed by atoms with Crippen molar-refractivity contribution in [1.82, 2.24) is 14.3 Å². The SMILES string of the molecule is Cn1c([C@@H](N[S@@](=O)CC(C)(C)C)C2=COCCO2)nc2cc(C(F)(F)F)ccc21. The molecule has 29 heavy (non-hydrogen) atoms. The zero-order valence-electron chi connectivity index (χ0n) is 16.7. The van der Waals surface area contributed by atoms with Crippen molar-refractivity contribution < 1.29 is 26.9 Å². The normalized spacial score (nSPS) is 17.4. The van der Waals surface area contributed by atoms with E-state index in [0.29, 0.717) is 36.1 Å². The Kier molecular flexibility index (Phi) is 5.96. The Bertz CT molecular complexity index is 948. The third kappa shape index (κ3) is 5.11. The maximum atomic E-state index is 13.1. The van der Waals surface area contributed by atoms with Crippen molar-refractivity contribution in [3.05, 3.63) is 41.6 Å². The Morgan fingerprint density at radius 2 is 2.00 bits per heavy atom.